The van der Waals surface area contributed by atoms with E-state index < -0.39 is 12.1 Å². The number of rotatable bonds is 7. The first-order chi connectivity index (χ1) is 16.0. The van der Waals surface area contributed by atoms with Gasteiger partial charge in [0.25, 0.3) is 0 Å². The van der Waals surface area contributed by atoms with Gasteiger partial charge < -0.3 is 30.8 Å². The second-order valence-corrected chi connectivity index (χ2v) is 7.52. The number of alkyl carbamates (subject to hydrolysis) is 1. The van der Waals surface area contributed by atoms with Crippen LogP contribution in [0.25, 0.3) is 10.9 Å². The van der Waals surface area contributed by atoms with E-state index in [2.05, 4.69) is 15.6 Å². The maximum atomic E-state index is 12.4. The third kappa shape index (κ3) is 5.82. The van der Waals surface area contributed by atoms with E-state index in [9.17, 15) is 9.59 Å². The van der Waals surface area contributed by atoms with Gasteiger partial charge >= 0.3 is 6.09 Å². The number of aromatic amines is 1. The van der Waals surface area contributed by atoms with Crippen LogP contribution in [0.3, 0.4) is 0 Å². The molecule has 5 N–H and O–H groups in total. The van der Waals surface area contributed by atoms with Crippen LogP contribution in [-0.2, 0) is 16.1 Å². The van der Waals surface area contributed by atoms with Crippen molar-refractivity contribution in [3.8, 4) is 11.5 Å². The first-order valence-corrected chi connectivity index (χ1v) is 10.4. The van der Waals surface area contributed by atoms with Gasteiger partial charge in [-0.25, -0.2) is 4.79 Å². The number of H-pyrrole nitrogens is 1. The molecule has 33 heavy (non-hydrogen) atoms. The Hall–Kier alpha value is -4.46. The molecule has 0 saturated heterocycles. The summed E-state index contributed by atoms with van der Waals surface area (Å²) in [6.45, 7) is 1.72. The van der Waals surface area contributed by atoms with Gasteiger partial charge in [-0.2, -0.15) is 0 Å². The summed E-state index contributed by atoms with van der Waals surface area (Å²) < 4.78 is 11.0. The number of carbonyl (C=O) groups excluding carboxylic acids is 2. The Morgan fingerprint density at radius 1 is 0.970 bits per heavy atom. The number of nitrogen functional groups attached to an aromatic ring is 1. The van der Waals surface area contributed by atoms with E-state index in [-0.39, 0.29) is 12.5 Å². The average Bonchev–Trinajstić information content (AvgIpc) is 3.19. The van der Waals surface area contributed by atoms with E-state index in [1.165, 1.54) is 0 Å². The highest BCUT2D eigenvalue weighted by atomic mass is 16.5. The number of anilines is 2. The maximum Gasteiger partial charge on any atom is 0.408 e. The minimum atomic E-state index is -0.773. The Labute approximate surface area is 190 Å². The van der Waals surface area contributed by atoms with Gasteiger partial charge in [0.2, 0.25) is 5.91 Å². The molecule has 0 aliphatic heterocycles. The first-order valence-electron chi connectivity index (χ1n) is 10.4. The van der Waals surface area contributed by atoms with Gasteiger partial charge in [0.15, 0.2) is 0 Å². The van der Waals surface area contributed by atoms with Crippen molar-refractivity contribution < 1.29 is 19.1 Å². The Bertz CT molecular complexity index is 1250. The van der Waals surface area contributed by atoms with E-state index in [1.54, 1.807) is 31.2 Å². The predicted molar refractivity (Wildman–Crippen MR) is 127 cm³/mol. The number of benzene rings is 3. The van der Waals surface area contributed by atoms with Crippen LogP contribution in [-0.4, -0.2) is 23.0 Å². The summed E-state index contributed by atoms with van der Waals surface area (Å²) in [6, 6.07) is 23.0. The summed E-state index contributed by atoms with van der Waals surface area (Å²) >= 11 is 0. The zero-order valence-electron chi connectivity index (χ0n) is 18.0. The summed E-state index contributed by atoms with van der Waals surface area (Å²) in [5.74, 6) is 1.52. The molecular formula is C25H24N4O4. The molecule has 0 bridgehead atoms. The molecule has 2 amide bonds. The normalized spacial score (nSPS) is 11.5. The average molecular weight is 444 g/mol. The van der Waals surface area contributed by atoms with Crippen molar-refractivity contribution in [1.82, 2.24) is 10.3 Å². The van der Waals surface area contributed by atoms with Crippen LogP contribution in [0.1, 0.15) is 12.5 Å². The molecule has 3 aromatic carbocycles. The molecule has 0 spiro atoms. The summed E-state index contributed by atoms with van der Waals surface area (Å²) in [7, 11) is 0. The van der Waals surface area contributed by atoms with Crippen LogP contribution in [0.15, 0.2) is 78.9 Å². The minimum absolute atomic E-state index is 0.132. The number of nitrogens with two attached hydrogens (primary N) is 1. The lowest BCUT2D eigenvalue weighted by Crippen LogP contribution is -2.41. The number of fused-ring (bicyclic) bond motifs is 1. The number of nitrogens with one attached hydrogen (secondary N) is 3. The van der Waals surface area contributed by atoms with Crippen LogP contribution in [0.4, 0.5) is 16.3 Å². The molecule has 1 aromatic heterocycles. The van der Waals surface area contributed by atoms with Crippen LogP contribution in [0, 0.1) is 0 Å². The van der Waals surface area contributed by atoms with Crippen molar-refractivity contribution in [3.05, 3.63) is 84.4 Å². The Morgan fingerprint density at radius 3 is 2.45 bits per heavy atom. The zero-order chi connectivity index (χ0) is 23.2. The molecule has 8 nitrogen and oxygen atoms in total. The van der Waals surface area contributed by atoms with E-state index in [0.29, 0.717) is 23.0 Å². The van der Waals surface area contributed by atoms with E-state index in [1.807, 2.05) is 54.6 Å². The van der Waals surface area contributed by atoms with Gasteiger partial charge in [0, 0.05) is 16.6 Å². The van der Waals surface area contributed by atoms with E-state index in [0.717, 1.165) is 16.5 Å². The SMILES string of the molecule is C[C@H](NC(=O)OCc1ccccc1)C(=O)Nc1ccc(Oc2ccc3[nH]c(N)cc3c2)cc1. The van der Waals surface area contributed by atoms with Gasteiger partial charge in [0.05, 0.1) is 0 Å². The molecule has 1 atom stereocenters. The molecule has 0 radical (unpaired) electrons. The quantitative estimate of drug-likeness (QED) is 0.327. The van der Waals surface area contributed by atoms with Crippen molar-refractivity contribution in [1.29, 1.82) is 0 Å². The smallest absolute Gasteiger partial charge is 0.408 e. The molecule has 0 saturated carbocycles. The van der Waals surface area contributed by atoms with Gasteiger partial charge in [0.1, 0.15) is 30.0 Å². The van der Waals surface area contributed by atoms with Crippen LogP contribution in [0.5, 0.6) is 11.5 Å². The van der Waals surface area contributed by atoms with Crippen LogP contribution in [0.2, 0.25) is 0 Å². The minimum Gasteiger partial charge on any atom is -0.457 e. The van der Waals surface area contributed by atoms with E-state index in [4.69, 9.17) is 15.2 Å². The van der Waals surface area contributed by atoms with E-state index >= 15 is 0 Å². The Kier molecular flexibility index (Phi) is 6.45. The molecular weight excluding hydrogens is 420 g/mol. The number of carbonyl (C=O) groups is 2. The lowest BCUT2D eigenvalue weighted by molar-refractivity contribution is -0.117. The van der Waals surface area contributed by atoms with Crippen molar-refractivity contribution in [3.63, 3.8) is 0 Å². The second-order valence-electron chi connectivity index (χ2n) is 7.52. The molecule has 8 heteroatoms. The maximum absolute atomic E-state index is 12.4. The van der Waals surface area contributed by atoms with Crippen LogP contribution >= 0.6 is 0 Å². The Balaban J connectivity index is 1.27. The third-order valence-electron chi connectivity index (χ3n) is 4.91. The predicted octanol–water partition coefficient (Wildman–Crippen LogP) is 4.80. The molecule has 4 rings (SSSR count). The summed E-state index contributed by atoms with van der Waals surface area (Å²) in [5, 5.41) is 6.23. The second kappa shape index (κ2) is 9.78. The number of amides is 2. The molecule has 4 aromatic rings. The highest BCUT2D eigenvalue weighted by molar-refractivity contribution is 5.96. The van der Waals surface area contributed by atoms with Crippen molar-refractivity contribution in [2.24, 2.45) is 0 Å². The van der Waals surface area contributed by atoms with Gasteiger partial charge in [-0.1, -0.05) is 30.3 Å². The van der Waals surface area contributed by atoms with Gasteiger partial charge in [-0.15, -0.1) is 0 Å². The topological polar surface area (TPSA) is 118 Å². The molecule has 0 aliphatic carbocycles. The largest absolute Gasteiger partial charge is 0.457 e. The van der Waals surface area contributed by atoms with Crippen molar-refractivity contribution >= 4 is 34.4 Å². The van der Waals surface area contributed by atoms with Gasteiger partial charge in [-0.3, -0.25) is 4.79 Å². The fourth-order valence-corrected chi connectivity index (χ4v) is 3.20. The number of hydrogen-bond donors (Lipinski definition) is 4. The fourth-order valence-electron chi connectivity index (χ4n) is 3.20. The lowest BCUT2D eigenvalue weighted by Gasteiger charge is -2.14. The summed E-state index contributed by atoms with van der Waals surface area (Å²) in [4.78, 5) is 27.4. The molecule has 0 aliphatic rings. The lowest BCUT2D eigenvalue weighted by atomic mass is 10.2. The number of hydrogen-bond acceptors (Lipinski definition) is 5. The van der Waals surface area contributed by atoms with Gasteiger partial charge in [-0.05, 0) is 61.0 Å². The molecule has 0 unspecified atom stereocenters. The zero-order valence-corrected chi connectivity index (χ0v) is 18.0. The standard InChI is InChI=1S/C25H24N4O4/c1-16(27-25(31)32-15-17-5-3-2-4-6-17)24(30)28-19-7-9-20(10-8-19)33-21-11-12-22-18(13-21)14-23(26)29-22/h2-14,16,29H,15,26H2,1H3,(H,27,31)(H,28,30)/t16-/m0/s1. The number of ether oxygens (including phenoxy) is 2. The monoisotopic (exact) mass is 444 g/mol. The summed E-state index contributed by atoms with van der Waals surface area (Å²) in [6.07, 6.45) is -0.661. The highest BCUT2D eigenvalue weighted by Gasteiger charge is 2.16. The first kappa shape index (κ1) is 21.8. The highest BCUT2D eigenvalue weighted by Crippen LogP contribution is 2.27. The molecule has 0 fully saturated rings. The fraction of sp³-hybridized carbons (Fsp3) is 0.120. The summed E-state index contributed by atoms with van der Waals surface area (Å²) in [5.41, 5.74) is 8.15. The molecule has 168 valence electrons. The Morgan fingerprint density at radius 2 is 1.70 bits per heavy atom. The van der Waals surface area contributed by atoms with Crippen molar-refractivity contribution in [2.75, 3.05) is 11.1 Å². The molecule has 1 heterocycles. The third-order valence-corrected chi connectivity index (χ3v) is 4.91. The number of aromatic nitrogens is 1. The van der Waals surface area contributed by atoms with Crippen LogP contribution < -0.4 is 21.1 Å². The van der Waals surface area contributed by atoms with Crippen molar-refractivity contribution in [2.45, 2.75) is 19.6 Å².